The molecule has 132 valence electrons. The minimum absolute atomic E-state index is 0.0319. The number of aromatic amines is 1. The Balaban J connectivity index is 1.78. The molecule has 1 aromatic carbocycles. The second kappa shape index (κ2) is 5.54. The first-order chi connectivity index (χ1) is 11.9. The molecule has 1 aromatic heterocycles. The molecule has 4 rings (SSSR count). The highest BCUT2D eigenvalue weighted by molar-refractivity contribution is 5.50. The molecule has 2 aromatic rings. The lowest BCUT2D eigenvalue weighted by molar-refractivity contribution is 0.294. The monoisotopic (exact) mass is 347 g/mol. The molecule has 2 N–H and O–H groups in total. The van der Waals surface area contributed by atoms with Gasteiger partial charge in [-0.25, -0.2) is 13.6 Å². The van der Waals surface area contributed by atoms with Gasteiger partial charge in [-0.1, -0.05) is 0 Å². The van der Waals surface area contributed by atoms with Crippen molar-refractivity contribution in [2.75, 3.05) is 5.32 Å². The summed E-state index contributed by atoms with van der Waals surface area (Å²) in [4.78, 5) is 27.8. The molecular weight excluding hydrogens is 328 g/mol. The molecule has 0 radical (unpaired) electrons. The Hall–Kier alpha value is -2.44. The van der Waals surface area contributed by atoms with Gasteiger partial charge in [0.25, 0.3) is 5.56 Å². The number of halogens is 2. The first-order valence-corrected chi connectivity index (χ1v) is 8.50. The van der Waals surface area contributed by atoms with E-state index in [4.69, 9.17) is 0 Å². The number of aromatic nitrogens is 2. The molecule has 25 heavy (non-hydrogen) atoms. The predicted octanol–water partition coefficient (Wildman–Crippen LogP) is 2.81. The summed E-state index contributed by atoms with van der Waals surface area (Å²) in [6.45, 7) is 1.74. The van der Waals surface area contributed by atoms with Crippen LogP contribution in [0.2, 0.25) is 0 Å². The van der Waals surface area contributed by atoms with Crippen LogP contribution >= 0.6 is 0 Å². The average molecular weight is 347 g/mol. The van der Waals surface area contributed by atoms with Crippen LogP contribution in [0.4, 0.5) is 14.6 Å². The fraction of sp³-hybridized carbons (Fsp3) is 0.444. The van der Waals surface area contributed by atoms with Crippen molar-refractivity contribution < 1.29 is 8.78 Å². The molecule has 2 aliphatic rings. The molecule has 7 heteroatoms. The summed E-state index contributed by atoms with van der Waals surface area (Å²) in [6, 6.07) is 3.28. The van der Waals surface area contributed by atoms with E-state index < -0.39 is 22.9 Å². The van der Waals surface area contributed by atoms with Crippen molar-refractivity contribution in [3.8, 4) is 0 Å². The molecule has 0 bridgehead atoms. The molecule has 5 nitrogen and oxygen atoms in total. The lowest BCUT2D eigenvalue weighted by Crippen LogP contribution is -2.47. The fourth-order valence-corrected chi connectivity index (χ4v) is 3.74. The Morgan fingerprint density at radius 3 is 2.68 bits per heavy atom. The second-order valence-corrected chi connectivity index (χ2v) is 7.12. The van der Waals surface area contributed by atoms with Crippen LogP contribution in [0.5, 0.6) is 0 Å². The number of fused-ring (bicyclic) bond motifs is 1. The van der Waals surface area contributed by atoms with Crippen LogP contribution < -0.4 is 16.6 Å². The van der Waals surface area contributed by atoms with Gasteiger partial charge in [-0.2, -0.15) is 0 Å². The van der Waals surface area contributed by atoms with Crippen molar-refractivity contribution in [2.24, 2.45) is 0 Å². The van der Waals surface area contributed by atoms with Crippen LogP contribution in [0.1, 0.15) is 49.8 Å². The molecule has 1 fully saturated rings. The molecule has 2 heterocycles. The summed E-state index contributed by atoms with van der Waals surface area (Å²) >= 11 is 0. The van der Waals surface area contributed by atoms with E-state index in [0.29, 0.717) is 24.2 Å². The maximum atomic E-state index is 14.2. The van der Waals surface area contributed by atoms with Crippen molar-refractivity contribution in [3.63, 3.8) is 0 Å². The summed E-state index contributed by atoms with van der Waals surface area (Å²) in [5, 5.41) is 3.07. The zero-order valence-electron chi connectivity index (χ0n) is 13.9. The topological polar surface area (TPSA) is 66.9 Å². The highest BCUT2D eigenvalue weighted by Gasteiger charge is 2.36. The third-order valence-electron chi connectivity index (χ3n) is 5.47. The summed E-state index contributed by atoms with van der Waals surface area (Å²) < 4.78 is 29.1. The van der Waals surface area contributed by atoms with E-state index in [1.807, 2.05) is 0 Å². The minimum Gasteiger partial charge on any atom is -0.362 e. The summed E-state index contributed by atoms with van der Waals surface area (Å²) in [5.74, 6) is -0.743. The molecule has 0 spiro atoms. The van der Waals surface area contributed by atoms with Gasteiger partial charge in [0, 0.05) is 11.6 Å². The molecule has 1 atom stereocenters. The van der Waals surface area contributed by atoms with Crippen molar-refractivity contribution in [3.05, 3.63) is 61.8 Å². The minimum atomic E-state index is -0.906. The highest BCUT2D eigenvalue weighted by atomic mass is 19.1. The van der Waals surface area contributed by atoms with Gasteiger partial charge in [0.05, 0.1) is 11.1 Å². The number of anilines is 1. The summed E-state index contributed by atoms with van der Waals surface area (Å²) in [7, 11) is 0. The smallest absolute Gasteiger partial charge is 0.330 e. The van der Waals surface area contributed by atoms with Crippen LogP contribution in [-0.4, -0.2) is 9.55 Å². The highest BCUT2D eigenvalue weighted by Crippen LogP contribution is 2.37. The van der Waals surface area contributed by atoms with E-state index in [9.17, 15) is 18.4 Å². The molecule has 0 saturated heterocycles. The maximum Gasteiger partial charge on any atom is 0.330 e. The average Bonchev–Trinajstić information content (AvgIpc) is 2.51. The number of nitrogens with one attached hydrogen (secondary N) is 2. The van der Waals surface area contributed by atoms with Crippen LogP contribution in [0.25, 0.3) is 0 Å². The van der Waals surface area contributed by atoms with Crippen molar-refractivity contribution in [2.45, 2.75) is 50.6 Å². The van der Waals surface area contributed by atoms with Gasteiger partial charge in [0.1, 0.15) is 17.5 Å². The second-order valence-electron chi connectivity index (χ2n) is 7.12. The van der Waals surface area contributed by atoms with E-state index in [-0.39, 0.29) is 17.2 Å². The van der Waals surface area contributed by atoms with Gasteiger partial charge < -0.3 is 5.32 Å². The van der Waals surface area contributed by atoms with Gasteiger partial charge in [0.2, 0.25) is 0 Å². The Morgan fingerprint density at radius 2 is 2.00 bits per heavy atom. The molecule has 0 amide bonds. The number of benzene rings is 1. The number of hydrogen-bond acceptors (Lipinski definition) is 3. The Kier molecular flexibility index (Phi) is 3.56. The standard InChI is InChI=1S/C18H19F2N3O2/c1-18(13-9-10(19)5-6-14(13)20)8-7-12-15(22-18)21-17(25)23(16(12)24)11-3-2-4-11/h5-6,9,11,22H,2-4,7-8H2,1H3,(H,21,25)/t18-/m1/s1. The largest absolute Gasteiger partial charge is 0.362 e. The summed E-state index contributed by atoms with van der Waals surface area (Å²) in [6.07, 6.45) is 3.50. The maximum absolute atomic E-state index is 14.2. The van der Waals surface area contributed by atoms with E-state index in [1.165, 1.54) is 4.57 Å². The normalized spacial score (nSPS) is 22.8. The fourth-order valence-electron chi connectivity index (χ4n) is 3.74. The number of rotatable bonds is 2. The van der Waals surface area contributed by atoms with Crippen LogP contribution in [-0.2, 0) is 12.0 Å². The first-order valence-electron chi connectivity index (χ1n) is 8.50. The van der Waals surface area contributed by atoms with E-state index in [0.717, 1.165) is 37.5 Å². The SMILES string of the molecule is C[C@]1(c2cc(F)ccc2F)CCc2c([nH]c(=O)n(C3CCC3)c2=O)N1. The lowest BCUT2D eigenvalue weighted by Gasteiger charge is -2.37. The Labute approximate surface area is 142 Å². The quantitative estimate of drug-likeness (QED) is 0.878. The summed E-state index contributed by atoms with van der Waals surface area (Å²) in [5.41, 5.74) is -0.956. The predicted molar refractivity (Wildman–Crippen MR) is 89.9 cm³/mol. The Morgan fingerprint density at radius 1 is 1.24 bits per heavy atom. The number of hydrogen-bond donors (Lipinski definition) is 2. The van der Waals surface area contributed by atoms with Crippen LogP contribution in [0, 0.1) is 11.6 Å². The first kappa shape index (κ1) is 16.1. The van der Waals surface area contributed by atoms with Gasteiger partial charge in [-0.05, 0) is 57.2 Å². The van der Waals surface area contributed by atoms with Crippen molar-refractivity contribution >= 4 is 5.82 Å². The zero-order valence-corrected chi connectivity index (χ0v) is 13.9. The molecular formula is C18H19F2N3O2. The zero-order chi connectivity index (χ0) is 17.8. The van der Waals surface area contributed by atoms with Gasteiger partial charge in [0.15, 0.2) is 0 Å². The van der Waals surface area contributed by atoms with Crippen LogP contribution in [0.15, 0.2) is 27.8 Å². The van der Waals surface area contributed by atoms with E-state index in [1.54, 1.807) is 6.92 Å². The number of H-pyrrole nitrogens is 1. The molecule has 1 saturated carbocycles. The third-order valence-corrected chi connectivity index (χ3v) is 5.47. The van der Waals surface area contributed by atoms with E-state index >= 15 is 0 Å². The van der Waals surface area contributed by atoms with E-state index in [2.05, 4.69) is 10.3 Å². The molecule has 1 aliphatic carbocycles. The third kappa shape index (κ3) is 2.49. The van der Waals surface area contributed by atoms with Gasteiger partial charge >= 0.3 is 5.69 Å². The molecule has 0 unspecified atom stereocenters. The number of nitrogens with zero attached hydrogens (tertiary/aromatic N) is 1. The van der Waals surface area contributed by atoms with Gasteiger partial charge in [-0.15, -0.1) is 0 Å². The molecule has 1 aliphatic heterocycles. The Bertz CT molecular complexity index is 962. The van der Waals surface area contributed by atoms with Gasteiger partial charge in [-0.3, -0.25) is 14.3 Å². The van der Waals surface area contributed by atoms with Crippen molar-refractivity contribution in [1.29, 1.82) is 0 Å². The van der Waals surface area contributed by atoms with Crippen LogP contribution in [0.3, 0.4) is 0 Å². The van der Waals surface area contributed by atoms with Crippen molar-refractivity contribution in [1.82, 2.24) is 9.55 Å². The lowest BCUT2D eigenvalue weighted by atomic mass is 9.83.